The fourth-order valence-corrected chi connectivity index (χ4v) is 2.24. The number of rotatable bonds is 6. The summed E-state index contributed by atoms with van der Waals surface area (Å²) < 4.78 is 0. The Bertz CT molecular complexity index is 676. The molecule has 0 fully saturated rings. The van der Waals surface area contributed by atoms with Gasteiger partial charge in [0.2, 0.25) is 0 Å². The van der Waals surface area contributed by atoms with E-state index in [2.05, 4.69) is 67.5 Å². The summed E-state index contributed by atoms with van der Waals surface area (Å²) in [4.78, 5) is 2.22. The van der Waals surface area contributed by atoms with Gasteiger partial charge in [0.15, 0.2) is 0 Å². The van der Waals surface area contributed by atoms with Crippen LogP contribution in [0.4, 0.5) is 11.4 Å². The number of nitrogens with zero attached hydrogens (tertiary/aromatic N) is 1. The lowest BCUT2D eigenvalue weighted by molar-refractivity contribution is 1.15. The molecule has 0 saturated heterocycles. The van der Waals surface area contributed by atoms with Gasteiger partial charge in [0.25, 0.3) is 0 Å². The zero-order valence-electron chi connectivity index (χ0n) is 12.9. The van der Waals surface area contributed by atoms with E-state index < -0.39 is 0 Å². The van der Waals surface area contributed by atoms with Crippen LogP contribution in [0.15, 0.2) is 97.8 Å². The Morgan fingerprint density at radius 2 is 1.50 bits per heavy atom. The predicted octanol–water partition coefficient (Wildman–Crippen LogP) is 6.11. The van der Waals surface area contributed by atoms with Crippen LogP contribution in [-0.4, -0.2) is 0 Å². The molecule has 1 nitrogen and oxygen atoms in total. The lowest BCUT2D eigenvalue weighted by Crippen LogP contribution is -2.14. The molecule has 0 amide bonds. The predicted molar refractivity (Wildman–Crippen MR) is 98.2 cm³/mol. The van der Waals surface area contributed by atoms with Crippen molar-refractivity contribution in [1.82, 2.24) is 0 Å². The molecule has 0 spiro atoms. The van der Waals surface area contributed by atoms with Crippen LogP contribution < -0.4 is 4.90 Å². The smallest absolute Gasteiger partial charge is 0.0458 e. The van der Waals surface area contributed by atoms with Crippen molar-refractivity contribution in [2.24, 2.45) is 0 Å². The maximum absolute atomic E-state index is 3.81. The summed E-state index contributed by atoms with van der Waals surface area (Å²) in [5.74, 6) is 0. The van der Waals surface area contributed by atoms with E-state index in [1.54, 1.807) is 6.08 Å². The molecule has 0 atom stereocenters. The van der Waals surface area contributed by atoms with Crippen LogP contribution in [0, 0.1) is 0 Å². The third-order valence-electron chi connectivity index (χ3n) is 3.34. The Hall–Kier alpha value is -2.80. The fraction of sp³-hybridized carbons (Fsp3) is 0.0476. The van der Waals surface area contributed by atoms with E-state index in [-0.39, 0.29) is 0 Å². The van der Waals surface area contributed by atoms with Crippen molar-refractivity contribution in [3.05, 3.63) is 103 Å². The molecule has 0 N–H and O–H groups in total. The van der Waals surface area contributed by atoms with Gasteiger partial charge in [-0.3, -0.25) is 0 Å². The Kier molecular flexibility index (Phi) is 5.56. The number of allylic oxidation sites excluding steroid dienone is 5. The first-order chi connectivity index (χ1) is 10.8. The van der Waals surface area contributed by atoms with Crippen LogP contribution in [0.1, 0.15) is 12.5 Å². The van der Waals surface area contributed by atoms with Crippen molar-refractivity contribution in [3.8, 4) is 0 Å². The van der Waals surface area contributed by atoms with Crippen molar-refractivity contribution < 1.29 is 0 Å². The minimum absolute atomic E-state index is 1.12. The average Bonchev–Trinajstić information content (AvgIpc) is 2.57. The second kappa shape index (κ2) is 7.84. The molecule has 0 aromatic heterocycles. The Morgan fingerprint density at radius 3 is 2.09 bits per heavy atom. The van der Waals surface area contributed by atoms with Gasteiger partial charge in [-0.05, 0) is 42.8 Å². The van der Waals surface area contributed by atoms with Gasteiger partial charge in [-0.15, -0.1) is 0 Å². The Morgan fingerprint density at radius 1 is 0.864 bits per heavy atom. The number of anilines is 2. The van der Waals surface area contributed by atoms with Gasteiger partial charge < -0.3 is 4.90 Å². The molecule has 1 heteroatoms. The second-order valence-corrected chi connectivity index (χ2v) is 4.90. The van der Waals surface area contributed by atoms with E-state index in [4.69, 9.17) is 0 Å². The third-order valence-corrected chi connectivity index (χ3v) is 3.34. The standard InChI is InChI=1S/C21H21N/c1-4-6-8-11-18(3)22(20-12-9-7-10-13-20)21-16-14-19(5-2)15-17-21/h4-17H,1-2H2,3H3/b8-6-,18-11+. The topological polar surface area (TPSA) is 3.24 Å². The molecule has 0 aliphatic heterocycles. The quantitative estimate of drug-likeness (QED) is 0.579. The first-order valence-electron chi connectivity index (χ1n) is 7.30. The monoisotopic (exact) mass is 287 g/mol. The summed E-state index contributed by atoms with van der Waals surface area (Å²) >= 11 is 0. The summed E-state index contributed by atoms with van der Waals surface area (Å²) in [6.45, 7) is 9.60. The van der Waals surface area contributed by atoms with Crippen LogP contribution in [0.5, 0.6) is 0 Å². The van der Waals surface area contributed by atoms with E-state index in [9.17, 15) is 0 Å². The van der Waals surface area contributed by atoms with Crippen molar-refractivity contribution in [2.75, 3.05) is 4.90 Å². The molecule has 2 aromatic rings. The molecule has 0 bridgehead atoms. The molecule has 0 aliphatic carbocycles. The summed E-state index contributed by atoms with van der Waals surface area (Å²) in [7, 11) is 0. The lowest BCUT2D eigenvalue weighted by atomic mass is 10.1. The summed E-state index contributed by atoms with van der Waals surface area (Å²) in [5.41, 5.74) is 4.51. The van der Waals surface area contributed by atoms with Gasteiger partial charge in [0.1, 0.15) is 0 Å². The minimum Gasteiger partial charge on any atom is -0.315 e. The van der Waals surface area contributed by atoms with E-state index in [1.807, 2.05) is 36.4 Å². The van der Waals surface area contributed by atoms with Crippen molar-refractivity contribution in [2.45, 2.75) is 6.92 Å². The van der Waals surface area contributed by atoms with Crippen LogP contribution in [0.2, 0.25) is 0 Å². The largest absolute Gasteiger partial charge is 0.315 e. The number of benzene rings is 2. The minimum atomic E-state index is 1.12. The molecule has 22 heavy (non-hydrogen) atoms. The summed E-state index contributed by atoms with van der Waals surface area (Å²) in [6.07, 6.45) is 9.63. The zero-order valence-corrected chi connectivity index (χ0v) is 12.9. The van der Waals surface area contributed by atoms with Crippen LogP contribution in [0.25, 0.3) is 6.08 Å². The molecule has 2 aromatic carbocycles. The lowest BCUT2D eigenvalue weighted by Gasteiger charge is -2.26. The van der Waals surface area contributed by atoms with Crippen LogP contribution in [0.3, 0.4) is 0 Å². The molecular formula is C21H21N. The highest BCUT2D eigenvalue weighted by molar-refractivity contribution is 5.69. The van der Waals surface area contributed by atoms with Crippen LogP contribution >= 0.6 is 0 Å². The second-order valence-electron chi connectivity index (χ2n) is 4.90. The van der Waals surface area contributed by atoms with Gasteiger partial charge in [-0.25, -0.2) is 0 Å². The SMILES string of the molecule is C=C/C=C\C=C(/C)N(c1ccccc1)c1ccc(C=C)cc1. The average molecular weight is 287 g/mol. The zero-order chi connectivity index (χ0) is 15.8. The highest BCUT2D eigenvalue weighted by Crippen LogP contribution is 2.29. The highest BCUT2D eigenvalue weighted by Gasteiger charge is 2.10. The molecular weight excluding hydrogens is 266 g/mol. The molecule has 0 radical (unpaired) electrons. The first kappa shape index (κ1) is 15.6. The van der Waals surface area contributed by atoms with E-state index in [1.165, 1.54) is 0 Å². The number of para-hydroxylation sites is 1. The number of hydrogen-bond donors (Lipinski definition) is 0. The van der Waals surface area contributed by atoms with Crippen molar-refractivity contribution in [1.29, 1.82) is 0 Å². The van der Waals surface area contributed by atoms with E-state index in [0.717, 1.165) is 22.6 Å². The molecule has 0 unspecified atom stereocenters. The molecule has 0 saturated carbocycles. The number of hydrogen-bond acceptors (Lipinski definition) is 1. The van der Waals surface area contributed by atoms with Gasteiger partial charge in [-0.2, -0.15) is 0 Å². The summed E-state index contributed by atoms with van der Waals surface area (Å²) in [6, 6.07) is 18.7. The van der Waals surface area contributed by atoms with Gasteiger partial charge >= 0.3 is 0 Å². The Labute approximate surface area is 133 Å². The third kappa shape index (κ3) is 3.86. The highest BCUT2D eigenvalue weighted by atomic mass is 15.1. The van der Waals surface area contributed by atoms with Crippen LogP contribution in [-0.2, 0) is 0 Å². The molecule has 0 heterocycles. The summed E-state index contributed by atoms with van der Waals surface area (Å²) in [5, 5.41) is 0. The molecule has 0 aliphatic rings. The van der Waals surface area contributed by atoms with E-state index in [0.29, 0.717) is 0 Å². The fourth-order valence-electron chi connectivity index (χ4n) is 2.24. The Balaban J connectivity index is 2.45. The normalized spacial score (nSPS) is 11.4. The van der Waals surface area contributed by atoms with Gasteiger partial charge in [0, 0.05) is 17.1 Å². The molecule has 110 valence electrons. The van der Waals surface area contributed by atoms with Crippen molar-refractivity contribution in [3.63, 3.8) is 0 Å². The first-order valence-corrected chi connectivity index (χ1v) is 7.30. The maximum atomic E-state index is 3.81. The maximum Gasteiger partial charge on any atom is 0.0458 e. The van der Waals surface area contributed by atoms with E-state index >= 15 is 0 Å². The van der Waals surface area contributed by atoms with Crippen molar-refractivity contribution >= 4 is 17.5 Å². The van der Waals surface area contributed by atoms with Gasteiger partial charge in [-0.1, -0.05) is 67.8 Å². The van der Waals surface area contributed by atoms with Gasteiger partial charge in [0.05, 0.1) is 0 Å². The molecule has 2 rings (SSSR count).